The third-order valence-corrected chi connectivity index (χ3v) is 3.81. The maximum Gasteiger partial charge on any atom is 0.254 e. The van der Waals surface area contributed by atoms with E-state index >= 15 is 0 Å². The Morgan fingerprint density at radius 3 is 2.62 bits per heavy atom. The van der Waals surface area contributed by atoms with E-state index in [1.165, 1.54) is 0 Å². The number of piperazine rings is 1. The molecule has 2 rings (SSSR count). The Morgan fingerprint density at radius 1 is 1.33 bits per heavy atom. The van der Waals surface area contributed by atoms with Gasteiger partial charge in [0.1, 0.15) is 5.54 Å². The molecule has 1 aromatic rings. The summed E-state index contributed by atoms with van der Waals surface area (Å²) in [5.74, 6) is -0.208. The van der Waals surface area contributed by atoms with Crippen molar-refractivity contribution in [1.29, 1.82) is 0 Å². The average molecular weight is 289 g/mol. The first-order chi connectivity index (χ1) is 9.96. The van der Waals surface area contributed by atoms with Gasteiger partial charge in [0.2, 0.25) is 5.91 Å². The lowest BCUT2D eigenvalue weighted by Crippen LogP contribution is -2.63. The van der Waals surface area contributed by atoms with E-state index in [0.717, 1.165) is 18.7 Å². The minimum absolute atomic E-state index is 0.100. The third-order valence-electron chi connectivity index (χ3n) is 3.81. The van der Waals surface area contributed by atoms with Crippen molar-refractivity contribution < 1.29 is 9.59 Å². The number of hydrogen-bond donors (Lipinski definition) is 2. The van der Waals surface area contributed by atoms with Crippen LogP contribution >= 0.6 is 0 Å². The number of carbonyl (C=O) groups excluding carboxylic acids is 2. The van der Waals surface area contributed by atoms with Crippen molar-refractivity contribution in [2.75, 3.05) is 25.0 Å². The zero-order chi connectivity index (χ0) is 15.5. The van der Waals surface area contributed by atoms with E-state index in [4.69, 9.17) is 0 Å². The number of anilines is 1. The van der Waals surface area contributed by atoms with Crippen molar-refractivity contribution >= 4 is 17.5 Å². The molecule has 1 fully saturated rings. The van der Waals surface area contributed by atoms with Gasteiger partial charge >= 0.3 is 0 Å². The highest BCUT2D eigenvalue weighted by Crippen LogP contribution is 2.21. The van der Waals surface area contributed by atoms with E-state index in [9.17, 15) is 9.59 Å². The molecule has 21 heavy (non-hydrogen) atoms. The van der Waals surface area contributed by atoms with E-state index in [1.54, 1.807) is 18.7 Å². The second-order valence-corrected chi connectivity index (χ2v) is 5.78. The van der Waals surface area contributed by atoms with Crippen molar-refractivity contribution in [3.05, 3.63) is 29.8 Å². The predicted octanol–water partition coefficient (Wildman–Crippen LogP) is 1.86. The van der Waals surface area contributed by atoms with Crippen LogP contribution in [0.1, 0.15) is 37.6 Å². The Bertz CT molecular complexity index is 523. The standard InChI is InChI=1S/C16H23N3O2/c1-4-9-17-13-7-5-12(6-8-13)14(20)19-11-10-18-15(21)16(19,2)3/h5-8,17H,4,9-11H2,1-3H3,(H,18,21). The fourth-order valence-corrected chi connectivity index (χ4v) is 2.41. The molecule has 1 aliphatic rings. The van der Waals surface area contributed by atoms with E-state index in [-0.39, 0.29) is 11.8 Å². The van der Waals surface area contributed by atoms with Crippen LogP contribution in [-0.4, -0.2) is 41.9 Å². The molecule has 1 aliphatic heterocycles. The maximum atomic E-state index is 12.6. The first-order valence-corrected chi connectivity index (χ1v) is 7.41. The van der Waals surface area contributed by atoms with Crippen LogP contribution in [0.25, 0.3) is 0 Å². The van der Waals surface area contributed by atoms with Gasteiger partial charge in [0.15, 0.2) is 0 Å². The summed E-state index contributed by atoms with van der Waals surface area (Å²) in [6.45, 7) is 7.60. The summed E-state index contributed by atoms with van der Waals surface area (Å²) < 4.78 is 0. The highest BCUT2D eigenvalue weighted by molar-refractivity contribution is 5.99. The average Bonchev–Trinajstić information content (AvgIpc) is 2.48. The monoisotopic (exact) mass is 289 g/mol. The number of nitrogens with zero attached hydrogens (tertiary/aromatic N) is 1. The lowest BCUT2D eigenvalue weighted by molar-refractivity contribution is -0.133. The van der Waals surface area contributed by atoms with Crippen LogP contribution in [0.3, 0.4) is 0 Å². The van der Waals surface area contributed by atoms with Crippen LogP contribution in [0.15, 0.2) is 24.3 Å². The van der Waals surface area contributed by atoms with Gasteiger partial charge in [-0.25, -0.2) is 0 Å². The highest BCUT2D eigenvalue weighted by Gasteiger charge is 2.40. The van der Waals surface area contributed by atoms with Crippen molar-refractivity contribution in [1.82, 2.24) is 10.2 Å². The molecule has 0 aliphatic carbocycles. The van der Waals surface area contributed by atoms with Gasteiger partial charge in [-0.1, -0.05) is 6.92 Å². The molecule has 5 heteroatoms. The normalized spacial score (nSPS) is 17.3. The van der Waals surface area contributed by atoms with Gasteiger partial charge in [-0.2, -0.15) is 0 Å². The van der Waals surface area contributed by atoms with Gasteiger partial charge in [0, 0.05) is 30.9 Å². The van der Waals surface area contributed by atoms with Crippen molar-refractivity contribution in [3.8, 4) is 0 Å². The van der Waals surface area contributed by atoms with Gasteiger partial charge in [0.05, 0.1) is 0 Å². The number of carbonyl (C=O) groups is 2. The zero-order valence-corrected chi connectivity index (χ0v) is 12.9. The zero-order valence-electron chi connectivity index (χ0n) is 12.9. The summed E-state index contributed by atoms with van der Waals surface area (Å²) in [6, 6.07) is 7.42. The van der Waals surface area contributed by atoms with Gasteiger partial charge < -0.3 is 15.5 Å². The summed E-state index contributed by atoms with van der Waals surface area (Å²) in [6.07, 6.45) is 1.05. The van der Waals surface area contributed by atoms with Crippen LogP contribution in [0, 0.1) is 0 Å². The fourth-order valence-electron chi connectivity index (χ4n) is 2.41. The SMILES string of the molecule is CCCNc1ccc(C(=O)N2CCNC(=O)C2(C)C)cc1. The summed E-state index contributed by atoms with van der Waals surface area (Å²) in [4.78, 5) is 26.2. The van der Waals surface area contributed by atoms with E-state index < -0.39 is 5.54 Å². The number of hydrogen-bond acceptors (Lipinski definition) is 3. The van der Waals surface area contributed by atoms with Crippen LogP contribution < -0.4 is 10.6 Å². The third kappa shape index (κ3) is 3.17. The quantitative estimate of drug-likeness (QED) is 0.889. The smallest absolute Gasteiger partial charge is 0.254 e. The number of amides is 2. The summed E-state index contributed by atoms with van der Waals surface area (Å²) >= 11 is 0. The highest BCUT2D eigenvalue weighted by atomic mass is 16.2. The van der Waals surface area contributed by atoms with Crippen LogP contribution in [0.5, 0.6) is 0 Å². The van der Waals surface area contributed by atoms with Gasteiger partial charge in [-0.05, 0) is 44.5 Å². The molecule has 0 unspecified atom stereocenters. The first-order valence-electron chi connectivity index (χ1n) is 7.41. The molecular weight excluding hydrogens is 266 g/mol. The topological polar surface area (TPSA) is 61.4 Å². The second-order valence-electron chi connectivity index (χ2n) is 5.78. The van der Waals surface area contributed by atoms with E-state index in [2.05, 4.69) is 17.6 Å². The molecule has 5 nitrogen and oxygen atoms in total. The molecule has 114 valence electrons. The molecule has 2 amide bonds. The van der Waals surface area contributed by atoms with Crippen LogP contribution in [0.2, 0.25) is 0 Å². The molecule has 0 saturated carbocycles. The first kappa shape index (κ1) is 15.4. The van der Waals surface area contributed by atoms with Gasteiger partial charge in [0.25, 0.3) is 5.91 Å². The lowest BCUT2D eigenvalue weighted by Gasteiger charge is -2.41. The molecule has 0 radical (unpaired) electrons. The van der Waals surface area contributed by atoms with E-state index in [0.29, 0.717) is 18.7 Å². The minimum Gasteiger partial charge on any atom is -0.385 e. The maximum absolute atomic E-state index is 12.6. The van der Waals surface area contributed by atoms with E-state index in [1.807, 2.05) is 24.3 Å². The summed E-state index contributed by atoms with van der Waals surface area (Å²) in [5.41, 5.74) is 0.804. The molecule has 2 N–H and O–H groups in total. The van der Waals surface area contributed by atoms with Gasteiger partial charge in [-0.3, -0.25) is 9.59 Å². The predicted molar refractivity (Wildman–Crippen MR) is 83.3 cm³/mol. The number of rotatable bonds is 4. The molecule has 0 atom stereocenters. The molecule has 0 aromatic heterocycles. The van der Waals surface area contributed by atoms with Crippen LogP contribution in [-0.2, 0) is 4.79 Å². The Hall–Kier alpha value is -2.04. The summed E-state index contributed by atoms with van der Waals surface area (Å²) in [7, 11) is 0. The Labute approximate surface area is 125 Å². The van der Waals surface area contributed by atoms with Crippen molar-refractivity contribution in [3.63, 3.8) is 0 Å². The number of benzene rings is 1. The van der Waals surface area contributed by atoms with Gasteiger partial charge in [-0.15, -0.1) is 0 Å². The molecular formula is C16H23N3O2. The molecule has 1 heterocycles. The molecule has 0 spiro atoms. The largest absolute Gasteiger partial charge is 0.385 e. The Balaban J connectivity index is 2.14. The fraction of sp³-hybridized carbons (Fsp3) is 0.500. The summed E-state index contributed by atoms with van der Waals surface area (Å²) in [5, 5.41) is 6.07. The lowest BCUT2D eigenvalue weighted by atomic mass is 9.97. The minimum atomic E-state index is -0.811. The second kappa shape index (κ2) is 6.16. The van der Waals surface area contributed by atoms with Crippen molar-refractivity contribution in [2.24, 2.45) is 0 Å². The van der Waals surface area contributed by atoms with Crippen LogP contribution in [0.4, 0.5) is 5.69 Å². The van der Waals surface area contributed by atoms with Crippen molar-refractivity contribution in [2.45, 2.75) is 32.7 Å². The Kier molecular flexibility index (Phi) is 4.50. The number of nitrogens with one attached hydrogen (secondary N) is 2. The molecule has 0 bridgehead atoms. The Morgan fingerprint density at radius 2 is 2.00 bits per heavy atom. The molecule has 1 saturated heterocycles. The molecule has 1 aromatic carbocycles.